The van der Waals surface area contributed by atoms with Crippen LogP contribution < -0.4 is 10.5 Å². The Hall–Kier alpha value is -2.94. The molecule has 2 heterocycles. The van der Waals surface area contributed by atoms with Crippen LogP contribution >= 0.6 is 11.5 Å². The van der Waals surface area contributed by atoms with Crippen molar-refractivity contribution in [2.45, 2.75) is 6.18 Å². The molecule has 5 nitrogen and oxygen atoms in total. The molecule has 2 aromatic rings. The summed E-state index contributed by atoms with van der Waals surface area (Å²) >= 11 is 1.19. The molecule has 0 saturated heterocycles. The summed E-state index contributed by atoms with van der Waals surface area (Å²) < 4.78 is 43.7. The lowest BCUT2D eigenvalue weighted by atomic mass is 10.2. The Kier molecular flexibility index (Phi) is 3.92. The lowest BCUT2D eigenvalue weighted by Crippen LogP contribution is -2.19. The van der Waals surface area contributed by atoms with Gasteiger partial charge in [-0.25, -0.2) is 9.36 Å². The summed E-state index contributed by atoms with van der Waals surface area (Å²) in [4.78, 5) is 20.1. The molecule has 1 aromatic heterocycles. The van der Waals surface area contributed by atoms with Gasteiger partial charge in [0.1, 0.15) is 11.8 Å². The summed E-state index contributed by atoms with van der Waals surface area (Å²) in [7, 11) is 3.73. The Morgan fingerprint density at radius 2 is 1.81 bits per heavy atom. The van der Waals surface area contributed by atoms with E-state index in [1.54, 1.807) is 6.20 Å². The van der Waals surface area contributed by atoms with Gasteiger partial charge in [0.05, 0.1) is 27.2 Å². The molecule has 9 heteroatoms. The summed E-state index contributed by atoms with van der Waals surface area (Å²) in [6.45, 7) is 0. The predicted molar refractivity (Wildman–Crippen MR) is 99.0 cm³/mol. The molecule has 0 atom stereocenters. The second-order valence-corrected chi connectivity index (χ2v) is 6.99. The topological polar surface area (TPSA) is 51.0 Å². The first-order valence-electron chi connectivity index (χ1n) is 7.91. The molecule has 1 aliphatic carbocycles. The minimum Gasteiger partial charge on any atom is -0.375 e. The first-order valence-corrected chi connectivity index (χ1v) is 8.69. The molecular formula is C18H13F3N4OS. The van der Waals surface area contributed by atoms with Gasteiger partial charge in [-0.1, -0.05) is 0 Å². The molecule has 0 unspecified atom stereocenters. The zero-order chi connectivity index (χ0) is 19.3. The molecule has 1 aliphatic heterocycles. The van der Waals surface area contributed by atoms with E-state index in [9.17, 15) is 18.0 Å². The number of nitrogens with zero attached hydrogens (tertiary/aromatic N) is 4. The second-order valence-electron chi connectivity index (χ2n) is 6.19. The first kappa shape index (κ1) is 17.5. The summed E-state index contributed by atoms with van der Waals surface area (Å²) in [6, 6.07) is 6.24. The Balaban J connectivity index is 1.96. The quantitative estimate of drug-likeness (QED) is 0.519. The highest BCUT2D eigenvalue weighted by Gasteiger charge is 2.30. The number of fused-ring (bicyclic) bond motifs is 3. The van der Waals surface area contributed by atoms with Crippen LogP contribution in [0.25, 0.3) is 27.0 Å². The highest BCUT2D eigenvalue weighted by atomic mass is 32.1. The Morgan fingerprint density at radius 1 is 1.11 bits per heavy atom. The Morgan fingerprint density at radius 3 is 2.44 bits per heavy atom. The van der Waals surface area contributed by atoms with Crippen molar-refractivity contribution in [1.29, 1.82) is 0 Å². The maximum absolute atomic E-state index is 13.1. The van der Waals surface area contributed by atoms with Crippen LogP contribution in [0, 0.1) is 0 Å². The van der Waals surface area contributed by atoms with Crippen molar-refractivity contribution in [1.82, 2.24) is 13.9 Å². The van der Waals surface area contributed by atoms with Crippen molar-refractivity contribution < 1.29 is 13.2 Å². The fourth-order valence-corrected chi connectivity index (χ4v) is 3.86. The Labute approximate surface area is 155 Å². The van der Waals surface area contributed by atoms with Crippen LogP contribution in [0.4, 0.5) is 18.9 Å². The Bertz CT molecular complexity index is 1160. The van der Waals surface area contributed by atoms with Crippen molar-refractivity contribution in [3.63, 3.8) is 0 Å². The maximum atomic E-state index is 13.1. The van der Waals surface area contributed by atoms with Crippen LogP contribution in [0.5, 0.6) is 0 Å². The maximum Gasteiger partial charge on any atom is 0.416 e. The minimum atomic E-state index is -4.43. The number of hydrogen-bond donors (Lipinski definition) is 0. The standard InChI is InChI=1S/C18H13F3N4OS/c1-24(2)15-12-7-8-23-27-16(12)13-14(15)22-9-25(17(13)26)11-5-3-10(4-6-11)18(19,20)21/h3-9H,1-2H3. The molecule has 0 radical (unpaired) electrons. The predicted octanol–water partition coefficient (Wildman–Crippen LogP) is 4.03. The lowest BCUT2D eigenvalue weighted by molar-refractivity contribution is -0.137. The van der Waals surface area contributed by atoms with E-state index in [2.05, 4.69) is 9.36 Å². The van der Waals surface area contributed by atoms with E-state index in [0.717, 1.165) is 23.4 Å². The first-order chi connectivity index (χ1) is 12.8. The summed E-state index contributed by atoms with van der Waals surface area (Å²) in [5.41, 5.74) is 1.43. The van der Waals surface area contributed by atoms with Crippen LogP contribution in [0.1, 0.15) is 5.56 Å². The van der Waals surface area contributed by atoms with Gasteiger partial charge in [-0.2, -0.15) is 13.2 Å². The van der Waals surface area contributed by atoms with Crippen molar-refractivity contribution in [3.8, 4) is 16.1 Å². The van der Waals surface area contributed by atoms with E-state index in [-0.39, 0.29) is 5.56 Å². The highest BCUT2D eigenvalue weighted by Crippen LogP contribution is 2.43. The summed E-state index contributed by atoms with van der Waals surface area (Å²) in [5.74, 6) is 0. The smallest absolute Gasteiger partial charge is 0.375 e. The third-order valence-electron chi connectivity index (χ3n) is 4.29. The largest absolute Gasteiger partial charge is 0.416 e. The molecule has 0 amide bonds. The average molecular weight is 390 g/mol. The van der Waals surface area contributed by atoms with Gasteiger partial charge in [0, 0.05) is 25.9 Å². The molecule has 0 N–H and O–H groups in total. The number of hydrogen-bond acceptors (Lipinski definition) is 5. The summed E-state index contributed by atoms with van der Waals surface area (Å²) in [5, 5.41) is 0.411. The van der Waals surface area contributed by atoms with Gasteiger partial charge >= 0.3 is 6.18 Å². The minimum absolute atomic E-state index is 0.317. The van der Waals surface area contributed by atoms with Crippen LogP contribution in [0.2, 0.25) is 0 Å². The number of rotatable bonds is 2. The number of halogens is 3. The molecule has 1 aromatic carbocycles. The number of anilines is 1. The van der Waals surface area contributed by atoms with E-state index in [0.29, 0.717) is 21.5 Å². The SMILES string of the molecule is CN(C)c1c2ccnsc-2c2c(=O)n(-c3ccc(C(F)(F)F)cc3)cnc12. The zero-order valence-corrected chi connectivity index (χ0v) is 15.1. The van der Waals surface area contributed by atoms with Crippen LogP contribution in [0.3, 0.4) is 0 Å². The molecule has 0 fully saturated rings. The summed E-state index contributed by atoms with van der Waals surface area (Å²) in [6.07, 6.45) is -1.42. The third kappa shape index (κ3) is 2.74. The molecule has 0 bridgehead atoms. The number of alkyl halides is 3. The van der Waals surface area contributed by atoms with Gasteiger partial charge in [0.2, 0.25) is 0 Å². The zero-order valence-electron chi connectivity index (χ0n) is 14.3. The van der Waals surface area contributed by atoms with E-state index >= 15 is 0 Å². The van der Waals surface area contributed by atoms with Crippen LogP contribution in [-0.4, -0.2) is 28.0 Å². The van der Waals surface area contributed by atoms with Gasteiger partial charge in [0.25, 0.3) is 5.56 Å². The van der Waals surface area contributed by atoms with Gasteiger partial charge < -0.3 is 4.90 Å². The van der Waals surface area contributed by atoms with E-state index in [1.165, 1.54) is 34.6 Å². The molecule has 4 rings (SSSR count). The molecule has 27 heavy (non-hydrogen) atoms. The van der Waals surface area contributed by atoms with E-state index in [4.69, 9.17) is 0 Å². The normalized spacial score (nSPS) is 12.0. The van der Waals surface area contributed by atoms with Crippen LogP contribution in [-0.2, 0) is 6.18 Å². The van der Waals surface area contributed by atoms with Crippen molar-refractivity contribution >= 4 is 28.1 Å². The van der Waals surface area contributed by atoms with Gasteiger partial charge in [-0.05, 0) is 41.9 Å². The highest BCUT2D eigenvalue weighted by molar-refractivity contribution is 7.10. The van der Waals surface area contributed by atoms with Crippen molar-refractivity contribution in [2.75, 3.05) is 19.0 Å². The lowest BCUT2D eigenvalue weighted by Gasteiger charge is -2.13. The second kappa shape index (κ2) is 6.05. The molecule has 0 saturated carbocycles. The number of aromatic nitrogens is 3. The fraction of sp³-hybridized carbons (Fsp3) is 0.167. The molecular weight excluding hydrogens is 377 g/mol. The van der Waals surface area contributed by atoms with Crippen molar-refractivity contribution in [3.05, 3.63) is 58.8 Å². The van der Waals surface area contributed by atoms with Gasteiger partial charge in [-0.3, -0.25) is 9.36 Å². The van der Waals surface area contributed by atoms with Gasteiger partial charge in [-0.15, -0.1) is 0 Å². The van der Waals surface area contributed by atoms with Crippen molar-refractivity contribution in [2.24, 2.45) is 0 Å². The van der Waals surface area contributed by atoms with E-state index < -0.39 is 11.7 Å². The number of benzene rings is 1. The molecule has 138 valence electrons. The monoisotopic (exact) mass is 390 g/mol. The molecule has 0 spiro atoms. The third-order valence-corrected chi connectivity index (χ3v) is 5.12. The average Bonchev–Trinajstić information content (AvgIpc) is 2.96. The fourth-order valence-electron chi connectivity index (χ4n) is 3.09. The van der Waals surface area contributed by atoms with Gasteiger partial charge in [0.15, 0.2) is 0 Å². The molecule has 2 aliphatic rings. The van der Waals surface area contributed by atoms with E-state index in [1.807, 2.05) is 25.1 Å². The van der Waals surface area contributed by atoms with Crippen LogP contribution in [0.15, 0.2) is 47.7 Å².